The molecule has 1 atom stereocenters. The lowest BCUT2D eigenvalue weighted by Gasteiger charge is -2.13. The Hall–Kier alpha value is -2.94. The number of primary amides is 1. The van der Waals surface area contributed by atoms with Gasteiger partial charge in [-0.05, 0) is 43.3 Å². The van der Waals surface area contributed by atoms with Gasteiger partial charge in [-0.25, -0.2) is 9.18 Å². The number of amides is 1. The molecule has 10 heteroatoms. The van der Waals surface area contributed by atoms with Gasteiger partial charge in [0.1, 0.15) is 5.82 Å². The van der Waals surface area contributed by atoms with Crippen molar-refractivity contribution in [2.75, 3.05) is 6.61 Å². The minimum absolute atomic E-state index is 0.0185. The third kappa shape index (κ3) is 4.96. The number of carboxylic acid groups (broad SMARTS) is 1. The maximum Gasteiger partial charge on any atom is 0.337 e. The van der Waals surface area contributed by atoms with Crippen molar-refractivity contribution < 1.29 is 24.2 Å². The van der Waals surface area contributed by atoms with Crippen molar-refractivity contribution in [3.05, 3.63) is 79.9 Å². The van der Waals surface area contributed by atoms with E-state index in [1.54, 1.807) is 6.92 Å². The van der Waals surface area contributed by atoms with E-state index in [9.17, 15) is 18.8 Å². The largest absolute Gasteiger partial charge is 0.478 e. The number of halogens is 3. The van der Waals surface area contributed by atoms with E-state index in [2.05, 4.69) is 0 Å². The summed E-state index contributed by atoms with van der Waals surface area (Å²) in [4.78, 5) is 33.9. The van der Waals surface area contributed by atoms with Crippen molar-refractivity contribution in [3.63, 3.8) is 0 Å². The molecule has 0 fully saturated rings. The zero-order chi connectivity index (χ0) is 22.6. The van der Waals surface area contributed by atoms with E-state index in [0.717, 1.165) is 6.07 Å². The monoisotopic (exact) mass is 454 g/mol. The van der Waals surface area contributed by atoms with Crippen molar-refractivity contribution in [3.8, 4) is 0 Å². The van der Waals surface area contributed by atoms with Crippen molar-refractivity contribution in [2.24, 2.45) is 5.73 Å². The molecule has 0 saturated carbocycles. The Morgan fingerprint density at radius 2 is 1.77 bits per heavy atom. The quantitative estimate of drug-likeness (QED) is 0.556. The first kappa shape index (κ1) is 23.3. The molecule has 1 amide bonds. The number of carboxylic acids is 1. The highest BCUT2D eigenvalue weighted by Crippen LogP contribution is 2.24. The first-order valence-corrected chi connectivity index (χ1v) is 9.26. The van der Waals surface area contributed by atoms with Crippen molar-refractivity contribution in [1.29, 1.82) is 0 Å². The van der Waals surface area contributed by atoms with E-state index in [1.165, 1.54) is 41.1 Å². The number of hydrogen-bond acceptors (Lipinski definition) is 4. The normalized spacial score (nSPS) is 11.5. The summed E-state index contributed by atoms with van der Waals surface area (Å²) in [7, 11) is 0. The van der Waals surface area contributed by atoms with Gasteiger partial charge in [0.2, 0.25) is 5.91 Å². The van der Waals surface area contributed by atoms with Crippen LogP contribution in [-0.2, 0) is 0 Å². The molecule has 2 aromatic carbocycles. The van der Waals surface area contributed by atoms with Gasteiger partial charge in [-0.1, -0.05) is 23.2 Å². The number of carbonyl (C=O) groups is 2. The summed E-state index contributed by atoms with van der Waals surface area (Å²) in [5.74, 6) is -2.48. The number of fused-ring (bicyclic) bond motifs is 1. The Morgan fingerprint density at radius 1 is 1.13 bits per heavy atom. The summed E-state index contributed by atoms with van der Waals surface area (Å²) >= 11 is 11.2. The number of pyridine rings is 1. The Kier molecular flexibility index (Phi) is 7.55. The summed E-state index contributed by atoms with van der Waals surface area (Å²) in [6.45, 7) is 1.52. The molecule has 0 radical (unpaired) electrons. The predicted molar refractivity (Wildman–Crippen MR) is 112 cm³/mol. The van der Waals surface area contributed by atoms with Gasteiger partial charge in [0.15, 0.2) is 0 Å². The number of benzene rings is 2. The molecule has 3 rings (SSSR count). The maximum atomic E-state index is 12.6. The van der Waals surface area contributed by atoms with Crippen LogP contribution in [0.2, 0.25) is 10.0 Å². The highest BCUT2D eigenvalue weighted by atomic mass is 35.5. The molecule has 4 N–H and O–H groups in total. The summed E-state index contributed by atoms with van der Waals surface area (Å²) in [6, 6.07) is 7.70. The minimum atomic E-state index is -1.18. The molecular formula is C20H17Cl2FN2O5. The highest BCUT2D eigenvalue weighted by molar-refractivity contribution is 6.35. The lowest BCUT2D eigenvalue weighted by Crippen LogP contribution is -2.25. The fourth-order valence-corrected chi connectivity index (χ4v) is 2.98. The number of carbonyl (C=O) groups excluding carboxylic acids is 1. The molecule has 30 heavy (non-hydrogen) atoms. The van der Waals surface area contributed by atoms with Crippen molar-refractivity contribution in [1.82, 2.24) is 4.57 Å². The second-order valence-electron chi connectivity index (χ2n) is 6.24. The molecule has 0 aliphatic rings. The first-order chi connectivity index (χ1) is 14.1. The van der Waals surface area contributed by atoms with Gasteiger partial charge in [-0.3, -0.25) is 9.59 Å². The smallest absolute Gasteiger partial charge is 0.337 e. The average Bonchev–Trinajstić information content (AvgIpc) is 2.69. The molecule has 0 saturated heterocycles. The van der Waals surface area contributed by atoms with Crippen molar-refractivity contribution in [2.45, 2.75) is 13.0 Å². The lowest BCUT2D eigenvalue weighted by atomic mass is 10.1. The van der Waals surface area contributed by atoms with E-state index >= 15 is 0 Å². The van der Waals surface area contributed by atoms with E-state index in [-0.39, 0.29) is 44.8 Å². The summed E-state index contributed by atoms with van der Waals surface area (Å²) < 4.78 is 14.0. The average molecular weight is 455 g/mol. The van der Waals surface area contributed by atoms with Gasteiger partial charge in [0, 0.05) is 22.5 Å². The number of aromatic nitrogens is 1. The van der Waals surface area contributed by atoms with Gasteiger partial charge in [-0.15, -0.1) is 0 Å². The van der Waals surface area contributed by atoms with Crippen molar-refractivity contribution >= 4 is 45.9 Å². The van der Waals surface area contributed by atoms with E-state index < -0.39 is 17.7 Å². The Bertz CT molecular complexity index is 1180. The lowest BCUT2D eigenvalue weighted by molar-refractivity contribution is 0.0699. The molecule has 0 bridgehead atoms. The van der Waals surface area contributed by atoms with E-state index in [1.807, 2.05) is 0 Å². The number of aromatic carboxylic acids is 1. The molecule has 0 aliphatic heterocycles. The molecule has 7 nitrogen and oxygen atoms in total. The van der Waals surface area contributed by atoms with Crippen LogP contribution < -0.4 is 11.3 Å². The second kappa shape index (κ2) is 9.71. The number of aliphatic hydroxyl groups excluding tert-OH is 1. The van der Waals surface area contributed by atoms with Gasteiger partial charge < -0.3 is 20.5 Å². The van der Waals surface area contributed by atoms with Gasteiger partial charge in [0.25, 0.3) is 5.56 Å². The van der Waals surface area contributed by atoms with E-state index in [4.69, 9.17) is 39.1 Å². The van der Waals surface area contributed by atoms with Crippen LogP contribution in [0.3, 0.4) is 0 Å². The summed E-state index contributed by atoms with van der Waals surface area (Å²) in [6.07, 6.45) is 1.47. The molecular weight excluding hydrogens is 438 g/mol. The molecule has 1 heterocycles. The predicted octanol–water partition coefficient (Wildman–Crippen LogP) is 3.48. The number of hydrogen-bond donors (Lipinski definition) is 3. The fraction of sp³-hybridized carbons (Fsp3) is 0.150. The van der Waals surface area contributed by atoms with Gasteiger partial charge >= 0.3 is 5.97 Å². The van der Waals surface area contributed by atoms with Crippen LogP contribution >= 0.6 is 23.2 Å². The third-order valence-electron chi connectivity index (χ3n) is 4.22. The van der Waals surface area contributed by atoms with Crippen LogP contribution in [0, 0.1) is 5.82 Å². The van der Waals surface area contributed by atoms with Crippen LogP contribution in [-0.4, -0.2) is 33.3 Å². The zero-order valence-electron chi connectivity index (χ0n) is 15.6. The SMILES string of the molecule is CC(CO)n1ccc2c(C(=O)O)c(Cl)ccc2c1=O.NC(=O)c1ccc(Cl)c(F)c1. The van der Waals surface area contributed by atoms with Crippen LogP contribution in [0.25, 0.3) is 10.8 Å². The molecule has 1 aromatic heterocycles. The van der Waals surface area contributed by atoms with Crippen LogP contribution in [0.4, 0.5) is 4.39 Å². The van der Waals surface area contributed by atoms with Crippen LogP contribution in [0.1, 0.15) is 33.7 Å². The summed E-state index contributed by atoms with van der Waals surface area (Å²) in [5.41, 5.74) is 4.57. The zero-order valence-corrected chi connectivity index (χ0v) is 17.1. The second-order valence-corrected chi connectivity index (χ2v) is 7.06. The number of rotatable bonds is 4. The standard InChI is InChI=1S/C13H12ClNO4.C7H5ClFNO/c1-7(6-16)15-5-4-8-9(12(15)17)2-3-10(14)11(8)13(18)19;8-5-2-1-4(7(10)11)3-6(5)9/h2-5,7,16H,6H2,1H3,(H,18,19);1-3H,(H2,10,11). The molecule has 1 unspecified atom stereocenters. The number of nitrogens with two attached hydrogens (primary N) is 1. The molecule has 0 aliphatic carbocycles. The van der Waals surface area contributed by atoms with E-state index in [0.29, 0.717) is 5.39 Å². The minimum Gasteiger partial charge on any atom is -0.478 e. The Balaban J connectivity index is 0.000000248. The molecule has 0 spiro atoms. The third-order valence-corrected chi connectivity index (χ3v) is 4.84. The maximum absolute atomic E-state index is 12.6. The van der Waals surface area contributed by atoms with Gasteiger partial charge in [0.05, 0.1) is 28.3 Å². The Labute approximate surface area is 180 Å². The van der Waals surface area contributed by atoms with Crippen LogP contribution in [0.15, 0.2) is 47.4 Å². The highest BCUT2D eigenvalue weighted by Gasteiger charge is 2.16. The Morgan fingerprint density at radius 3 is 2.30 bits per heavy atom. The fourth-order valence-electron chi connectivity index (χ4n) is 2.62. The first-order valence-electron chi connectivity index (χ1n) is 8.50. The number of nitrogens with zero attached hydrogens (tertiary/aromatic N) is 1. The number of aliphatic hydroxyl groups is 1. The molecule has 3 aromatic rings. The van der Waals surface area contributed by atoms with Crippen LogP contribution in [0.5, 0.6) is 0 Å². The summed E-state index contributed by atoms with van der Waals surface area (Å²) in [5, 5.41) is 18.9. The van der Waals surface area contributed by atoms with Gasteiger partial charge in [-0.2, -0.15) is 0 Å². The topological polar surface area (TPSA) is 123 Å². The molecule has 158 valence electrons.